The van der Waals surface area contributed by atoms with E-state index in [0.29, 0.717) is 19.6 Å². The van der Waals surface area contributed by atoms with Crippen molar-refractivity contribution in [3.05, 3.63) is 0 Å². The number of esters is 1. The number of carbonyl (C=O) groups is 2. The fourth-order valence-corrected chi connectivity index (χ4v) is 2.91. The van der Waals surface area contributed by atoms with E-state index in [1.807, 2.05) is 20.8 Å². The summed E-state index contributed by atoms with van der Waals surface area (Å²) in [5, 5.41) is 0. The van der Waals surface area contributed by atoms with Gasteiger partial charge in [-0.2, -0.15) is 0 Å². The molecule has 122 valence electrons. The first kappa shape index (κ1) is 17.9. The minimum Gasteiger partial charge on any atom is -0.469 e. The highest BCUT2D eigenvalue weighted by atomic mass is 16.5. The van der Waals surface area contributed by atoms with Crippen LogP contribution >= 0.6 is 0 Å². The Morgan fingerprint density at radius 2 is 2.00 bits per heavy atom. The SMILES string of the molecule is CCOC1CC(N)(C(=O)N(C)CC(C)C(=O)OC)C1(C)C. The molecule has 0 heterocycles. The van der Waals surface area contributed by atoms with E-state index in [1.165, 1.54) is 12.0 Å². The van der Waals surface area contributed by atoms with Gasteiger partial charge in [-0.05, 0) is 6.92 Å². The molecule has 0 bridgehead atoms. The molecule has 1 aliphatic rings. The van der Waals surface area contributed by atoms with Crippen molar-refractivity contribution in [1.29, 1.82) is 0 Å². The molecule has 1 saturated carbocycles. The van der Waals surface area contributed by atoms with Gasteiger partial charge in [-0.15, -0.1) is 0 Å². The van der Waals surface area contributed by atoms with Gasteiger partial charge in [0, 0.05) is 32.0 Å². The molecule has 1 amide bonds. The van der Waals surface area contributed by atoms with Crippen LogP contribution in [0.4, 0.5) is 0 Å². The van der Waals surface area contributed by atoms with Crippen LogP contribution in [0.3, 0.4) is 0 Å². The molecule has 1 aliphatic carbocycles. The third-order valence-electron chi connectivity index (χ3n) is 4.71. The molecule has 0 aromatic heterocycles. The van der Waals surface area contributed by atoms with E-state index in [4.69, 9.17) is 10.5 Å². The number of likely N-dealkylation sites (N-methyl/N-ethyl adjacent to an activating group) is 1. The van der Waals surface area contributed by atoms with Gasteiger partial charge in [0.25, 0.3) is 0 Å². The number of ether oxygens (including phenoxy) is 2. The summed E-state index contributed by atoms with van der Waals surface area (Å²) >= 11 is 0. The molecule has 3 unspecified atom stereocenters. The monoisotopic (exact) mass is 300 g/mol. The fourth-order valence-electron chi connectivity index (χ4n) is 2.91. The van der Waals surface area contributed by atoms with Crippen molar-refractivity contribution in [3.63, 3.8) is 0 Å². The highest BCUT2D eigenvalue weighted by Crippen LogP contribution is 2.50. The summed E-state index contributed by atoms with van der Waals surface area (Å²) in [5.41, 5.74) is 4.97. The molecule has 3 atom stereocenters. The van der Waals surface area contributed by atoms with Crippen molar-refractivity contribution < 1.29 is 19.1 Å². The first-order valence-corrected chi connectivity index (χ1v) is 7.35. The van der Waals surface area contributed by atoms with Crippen LogP contribution in [0.2, 0.25) is 0 Å². The maximum atomic E-state index is 12.7. The number of hydrogen-bond donors (Lipinski definition) is 1. The molecule has 6 nitrogen and oxygen atoms in total. The average molecular weight is 300 g/mol. The Balaban J connectivity index is 2.73. The van der Waals surface area contributed by atoms with E-state index in [9.17, 15) is 9.59 Å². The maximum Gasteiger partial charge on any atom is 0.310 e. The summed E-state index contributed by atoms with van der Waals surface area (Å²) in [6, 6.07) is 0. The summed E-state index contributed by atoms with van der Waals surface area (Å²) in [7, 11) is 3.01. The van der Waals surface area contributed by atoms with Crippen molar-refractivity contribution >= 4 is 11.9 Å². The van der Waals surface area contributed by atoms with Crippen molar-refractivity contribution in [2.75, 3.05) is 27.3 Å². The third kappa shape index (κ3) is 3.06. The Labute approximate surface area is 126 Å². The Kier molecular flexibility index (Phi) is 5.39. The number of hydrogen-bond acceptors (Lipinski definition) is 5. The zero-order valence-electron chi connectivity index (χ0n) is 13.9. The van der Waals surface area contributed by atoms with E-state index in [2.05, 4.69) is 4.74 Å². The Bertz CT molecular complexity index is 410. The Morgan fingerprint density at radius 1 is 1.43 bits per heavy atom. The van der Waals surface area contributed by atoms with Crippen LogP contribution in [0.25, 0.3) is 0 Å². The summed E-state index contributed by atoms with van der Waals surface area (Å²) in [6.45, 7) is 8.46. The molecule has 1 fully saturated rings. The van der Waals surface area contributed by atoms with Gasteiger partial charge in [-0.1, -0.05) is 20.8 Å². The van der Waals surface area contributed by atoms with Crippen LogP contribution in [-0.4, -0.2) is 55.7 Å². The van der Waals surface area contributed by atoms with E-state index in [-0.39, 0.29) is 23.9 Å². The number of rotatable bonds is 6. The highest BCUT2D eigenvalue weighted by Gasteiger charge is 2.63. The van der Waals surface area contributed by atoms with Crippen molar-refractivity contribution in [2.24, 2.45) is 17.1 Å². The fraction of sp³-hybridized carbons (Fsp3) is 0.867. The van der Waals surface area contributed by atoms with Gasteiger partial charge >= 0.3 is 5.97 Å². The van der Waals surface area contributed by atoms with Crippen LogP contribution in [-0.2, 0) is 19.1 Å². The van der Waals surface area contributed by atoms with Crippen LogP contribution in [0.15, 0.2) is 0 Å². The average Bonchev–Trinajstić information content (AvgIpc) is 2.44. The first-order valence-electron chi connectivity index (χ1n) is 7.35. The summed E-state index contributed by atoms with van der Waals surface area (Å²) in [6.07, 6.45) is 0.492. The van der Waals surface area contributed by atoms with Crippen LogP contribution < -0.4 is 5.73 Å². The van der Waals surface area contributed by atoms with Crippen molar-refractivity contribution in [2.45, 2.75) is 45.8 Å². The smallest absolute Gasteiger partial charge is 0.310 e. The molecule has 21 heavy (non-hydrogen) atoms. The molecule has 0 radical (unpaired) electrons. The van der Waals surface area contributed by atoms with Gasteiger partial charge in [-0.3, -0.25) is 9.59 Å². The van der Waals surface area contributed by atoms with E-state index < -0.39 is 11.0 Å². The van der Waals surface area contributed by atoms with Crippen molar-refractivity contribution in [1.82, 2.24) is 4.90 Å². The normalized spacial score (nSPS) is 28.4. The predicted molar refractivity (Wildman–Crippen MR) is 79.5 cm³/mol. The quantitative estimate of drug-likeness (QED) is 0.733. The number of amides is 1. The first-order chi connectivity index (χ1) is 9.61. The lowest BCUT2D eigenvalue weighted by molar-refractivity contribution is -0.179. The lowest BCUT2D eigenvalue weighted by atomic mass is 9.54. The largest absolute Gasteiger partial charge is 0.469 e. The molecule has 0 aromatic rings. The summed E-state index contributed by atoms with van der Waals surface area (Å²) in [5.74, 6) is -0.863. The summed E-state index contributed by atoms with van der Waals surface area (Å²) < 4.78 is 10.3. The standard InChI is InChI=1S/C15H28N2O4/c1-7-21-11-8-15(16,14(11,3)4)13(19)17(5)9-10(2)12(18)20-6/h10-11H,7-9,16H2,1-6H3. The molecule has 1 rings (SSSR count). The molecule has 0 saturated heterocycles. The zero-order valence-corrected chi connectivity index (χ0v) is 13.9. The number of nitrogens with two attached hydrogens (primary N) is 1. The minimum atomic E-state index is -0.947. The van der Waals surface area contributed by atoms with E-state index in [1.54, 1.807) is 14.0 Å². The zero-order chi connectivity index (χ0) is 16.4. The van der Waals surface area contributed by atoms with Gasteiger partial charge in [-0.25, -0.2) is 0 Å². The molecule has 6 heteroatoms. The second-order valence-electron chi connectivity index (χ2n) is 6.45. The lowest BCUT2D eigenvalue weighted by Gasteiger charge is -2.58. The number of methoxy groups -OCH3 is 1. The van der Waals surface area contributed by atoms with Gasteiger partial charge in [0.15, 0.2) is 0 Å². The molecular formula is C15H28N2O4. The van der Waals surface area contributed by atoms with Crippen LogP contribution in [0.5, 0.6) is 0 Å². The van der Waals surface area contributed by atoms with Gasteiger partial charge < -0.3 is 20.1 Å². The van der Waals surface area contributed by atoms with E-state index in [0.717, 1.165) is 0 Å². The molecular weight excluding hydrogens is 272 g/mol. The second kappa shape index (κ2) is 6.32. The molecule has 0 spiro atoms. The highest BCUT2D eigenvalue weighted by molar-refractivity contribution is 5.89. The van der Waals surface area contributed by atoms with Crippen LogP contribution in [0, 0.1) is 11.3 Å². The Hall–Kier alpha value is -1.14. The molecule has 2 N–H and O–H groups in total. The lowest BCUT2D eigenvalue weighted by Crippen LogP contribution is -2.75. The third-order valence-corrected chi connectivity index (χ3v) is 4.71. The number of carbonyl (C=O) groups excluding carboxylic acids is 2. The summed E-state index contributed by atoms with van der Waals surface area (Å²) in [4.78, 5) is 25.6. The Morgan fingerprint density at radius 3 is 2.43 bits per heavy atom. The molecule has 0 aliphatic heterocycles. The van der Waals surface area contributed by atoms with Crippen molar-refractivity contribution in [3.8, 4) is 0 Å². The van der Waals surface area contributed by atoms with Gasteiger partial charge in [0.2, 0.25) is 5.91 Å². The topological polar surface area (TPSA) is 81.9 Å². The van der Waals surface area contributed by atoms with E-state index >= 15 is 0 Å². The minimum absolute atomic E-state index is 0.0112. The number of nitrogens with zero attached hydrogens (tertiary/aromatic N) is 1. The van der Waals surface area contributed by atoms with Gasteiger partial charge in [0.1, 0.15) is 5.54 Å². The second-order valence-corrected chi connectivity index (χ2v) is 6.45. The molecule has 0 aromatic carbocycles. The van der Waals surface area contributed by atoms with Crippen LogP contribution in [0.1, 0.15) is 34.1 Å². The van der Waals surface area contributed by atoms with Gasteiger partial charge in [0.05, 0.1) is 19.1 Å². The maximum absolute atomic E-state index is 12.7. The predicted octanol–water partition coefficient (Wildman–Crippen LogP) is 0.786.